The number of aromatic amines is 1. The van der Waals surface area contributed by atoms with Crippen LogP contribution in [0.2, 0.25) is 5.02 Å². The topological polar surface area (TPSA) is 155 Å². The van der Waals surface area contributed by atoms with Gasteiger partial charge >= 0.3 is 6.18 Å². The third-order valence-corrected chi connectivity index (χ3v) is 9.45. The van der Waals surface area contributed by atoms with Gasteiger partial charge in [0, 0.05) is 75.0 Å². The lowest BCUT2D eigenvalue weighted by Crippen LogP contribution is -2.52. The number of amides is 3. The molecule has 51 heavy (non-hydrogen) atoms. The minimum atomic E-state index is -4.73. The number of aromatic nitrogens is 6. The minimum Gasteiger partial charge on any atom is -0.383 e. The first-order valence-corrected chi connectivity index (χ1v) is 16.9. The molecule has 0 bridgehead atoms. The van der Waals surface area contributed by atoms with Gasteiger partial charge in [0.1, 0.15) is 5.69 Å². The number of hydrogen-bond acceptors (Lipinski definition) is 8. The zero-order valence-corrected chi connectivity index (χ0v) is 28.9. The second kappa shape index (κ2) is 15.2. The summed E-state index contributed by atoms with van der Waals surface area (Å²) in [5.41, 5.74) is 0.625. The largest absolute Gasteiger partial charge is 0.435 e. The zero-order chi connectivity index (χ0) is 36.3. The summed E-state index contributed by atoms with van der Waals surface area (Å²) in [5, 5.41) is 14.1. The van der Waals surface area contributed by atoms with Crippen LogP contribution in [0.5, 0.6) is 0 Å². The summed E-state index contributed by atoms with van der Waals surface area (Å²) in [4.78, 5) is 49.5. The van der Waals surface area contributed by atoms with Crippen molar-refractivity contribution in [1.29, 1.82) is 0 Å². The molecule has 0 radical (unpaired) electrons. The van der Waals surface area contributed by atoms with Gasteiger partial charge in [-0.05, 0) is 51.1 Å². The second-order valence-electron chi connectivity index (χ2n) is 12.5. The number of rotatable bonds is 10. The molecule has 0 aliphatic carbocycles. The van der Waals surface area contributed by atoms with E-state index >= 15 is 0 Å². The SMILES string of the molecule is COCCn1ncc(-n2cc(Cc3cnc(C(=O)Nc4ccc(C(=O)N5CCN(C(=O)C6CCNCC6)CC5)c(Cl)c4)[nH]3)c(C(F)(F)F)n2)c1C. The van der Waals surface area contributed by atoms with Gasteiger partial charge < -0.3 is 30.2 Å². The summed E-state index contributed by atoms with van der Waals surface area (Å²) in [7, 11) is 1.54. The number of carbonyl (C=O) groups excluding carboxylic acids is 3. The molecule has 3 amide bonds. The first-order chi connectivity index (χ1) is 24.4. The van der Waals surface area contributed by atoms with E-state index in [4.69, 9.17) is 16.3 Å². The molecule has 0 atom stereocenters. The molecular weight excluding hydrogens is 693 g/mol. The van der Waals surface area contributed by atoms with Crippen molar-refractivity contribution in [2.24, 2.45) is 5.92 Å². The van der Waals surface area contributed by atoms with E-state index in [1.54, 1.807) is 23.6 Å². The highest BCUT2D eigenvalue weighted by molar-refractivity contribution is 6.34. The maximum Gasteiger partial charge on any atom is 0.435 e. The average Bonchev–Trinajstić information content (AvgIpc) is 3.86. The van der Waals surface area contributed by atoms with Crippen molar-refractivity contribution in [2.75, 3.05) is 58.3 Å². The molecule has 1 aromatic carbocycles. The number of methoxy groups -OCH3 is 1. The number of H-pyrrole nitrogens is 1. The van der Waals surface area contributed by atoms with E-state index in [9.17, 15) is 27.6 Å². The van der Waals surface area contributed by atoms with Crippen molar-refractivity contribution in [1.82, 2.24) is 44.6 Å². The third kappa shape index (κ3) is 8.10. The van der Waals surface area contributed by atoms with Crippen LogP contribution in [0.4, 0.5) is 18.9 Å². The van der Waals surface area contributed by atoms with E-state index in [2.05, 4.69) is 30.8 Å². The number of nitrogens with zero attached hydrogens (tertiary/aromatic N) is 7. The van der Waals surface area contributed by atoms with Gasteiger partial charge in [-0.15, -0.1) is 0 Å². The Balaban J connectivity index is 1.07. The number of imidazole rings is 1. The molecule has 3 aromatic heterocycles. The summed E-state index contributed by atoms with van der Waals surface area (Å²) in [6, 6.07) is 4.48. The third-order valence-electron chi connectivity index (χ3n) is 9.14. The number of benzene rings is 1. The number of ether oxygens (including phenoxy) is 1. The first kappa shape index (κ1) is 36.1. The molecule has 2 aliphatic heterocycles. The maximum atomic E-state index is 14.0. The Bertz CT molecular complexity index is 1890. The number of halogens is 4. The second-order valence-corrected chi connectivity index (χ2v) is 12.9. The maximum absolute atomic E-state index is 14.0. The van der Waals surface area contributed by atoms with Crippen LogP contribution in [-0.2, 0) is 28.7 Å². The lowest BCUT2D eigenvalue weighted by Gasteiger charge is -2.37. The fourth-order valence-corrected chi connectivity index (χ4v) is 6.58. The number of piperidine rings is 1. The predicted octanol–water partition coefficient (Wildman–Crippen LogP) is 3.55. The molecule has 2 saturated heterocycles. The summed E-state index contributed by atoms with van der Waals surface area (Å²) < 4.78 is 49.8. The van der Waals surface area contributed by atoms with Gasteiger partial charge in [-0.3, -0.25) is 19.1 Å². The Hall–Kier alpha value is -4.74. The normalized spacial score (nSPS) is 15.7. The van der Waals surface area contributed by atoms with Crippen LogP contribution in [-0.4, -0.2) is 110 Å². The molecule has 272 valence electrons. The van der Waals surface area contributed by atoms with Gasteiger partial charge in [0.05, 0.1) is 35.6 Å². The van der Waals surface area contributed by atoms with Crippen molar-refractivity contribution in [3.8, 4) is 5.69 Å². The van der Waals surface area contributed by atoms with Crippen molar-refractivity contribution in [3.63, 3.8) is 0 Å². The van der Waals surface area contributed by atoms with E-state index in [0.717, 1.165) is 30.6 Å². The molecule has 0 saturated carbocycles. The van der Waals surface area contributed by atoms with Crippen molar-refractivity contribution in [3.05, 3.63) is 75.8 Å². The van der Waals surface area contributed by atoms with Gasteiger partial charge in [-0.25, -0.2) is 9.67 Å². The molecule has 2 fully saturated rings. The quantitative estimate of drug-likeness (QED) is 0.224. The molecule has 0 unspecified atom stereocenters. The van der Waals surface area contributed by atoms with E-state index in [0.29, 0.717) is 56.4 Å². The molecule has 4 aromatic rings. The van der Waals surface area contributed by atoms with Crippen LogP contribution >= 0.6 is 11.6 Å². The van der Waals surface area contributed by atoms with Crippen LogP contribution in [0.15, 0.2) is 36.8 Å². The van der Waals surface area contributed by atoms with Gasteiger partial charge in [0.2, 0.25) is 5.91 Å². The Morgan fingerprint density at radius 1 is 1.08 bits per heavy atom. The molecule has 0 spiro atoms. The van der Waals surface area contributed by atoms with Crippen LogP contribution < -0.4 is 10.6 Å². The van der Waals surface area contributed by atoms with Crippen LogP contribution in [0.1, 0.15) is 56.5 Å². The number of carbonyl (C=O) groups is 3. The van der Waals surface area contributed by atoms with Gasteiger partial charge in [-0.1, -0.05) is 11.6 Å². The van der Waals surface area contributed by atoms with Crippen molar-refractivity contribution < 1.29 is 32.3 Å². The lowest BCUT2D eigenvalue weighted by molar-refractivity contribution is -0.142. The smallest absolute Gasteiger partial charge is 0.383 e. The summed E-state index contributed by atoms with van der Waals surface area (Å²) >= 11 is 6.48. The Morgan fingerprint density at radius 2 is 1.80 bits per heavy atom. The monoisotopic (exact) mass is 730 g/mol. The van der Waals surface area contributed by atoms with Crippen molar-refractivity contribution >= 4 is 35.0 Å². The minimum absolute atomic E-state index is 0.0179. The van der Waals surface area contributed by atoms with E-state index in [1.807, 2.05) is 4.90 Å². The highest BCUT2D eigenvalue weighted by Crippen LogP contribution is 2.33. The molecule has 5 heterocycles. The number of anilines is 1. The average molecular weight is 731 g/mol. The summed E-state index contributed by atoms with van der Waals surface area (Å²) in [6.07, 6.45) is 0.691. The Morgan fingerprint density at radius 3 is 2.49 bits per heavy atom. The fraction of sp³-hybridized carbons (Fsp3) is 0.455. The summed E-state index contributed by atoms with van der Waals surface area (Å²) in [5.74, 6) is -0.907. The molecule has 2 aliphatic rings. The molecule has 6 rings (SSSR count). The van der Waals surface area contributed by atoms with Crippen LogP contribution in [0.3, 0.4) is 0 Å². The van der Waals surface area contributed by atoms with Gasteiger partial charge in [0.25, 0.3) is 11.8 Å². The number of nitrogens with one attached hydrogen (secondary N) is 3. The molecular formula is C33H38ClF3N10O4. The van der Waals surface area contributed by atoms with Crippen molar-refractivity contribution in [2.45, 2.75) is 38.9 Å². The van der Waals surface area contributed by atoms with Gasteiger partial charge in [-0.2, -0.15) is 23.4 Å². The highest BCUT2D eigenvalue weighted by atomic mass is 35.5. The Labute approximate surface area is 296 Å². The van der Waals surface area contributed by atoms with Crippen LogP contribution in [0.25, 0.3) is 5.69 Å². The first-order valence-electron chi connectivity index (χ1n) is 16.5. The highest BCUT2D eigenvalue weighted by Gasteiger charge is 2.38. The number of alkyl halides is 3. The van der Waals surface area contributed by atoms with E-state index < -0.39 is 17.8 Å². The van der Waals surface area contributed by atoms with Gasteiger partial charge in [0.15, 0.2) is 11.5 Å². The fourth-order valence-electron chi connectivity index (χ4n) is 6.32. The zero-order valence-electron chi connectivity index (χ0n) is 28.1. The van der Waals surface area contributed by atoms with E-state index in [1.165, 1.54) is 36.8 Å². The van der Waals surface area contributed by atoms with Crippen LogP contribution in [0, 0.1) is 12.8 Å². The molecule has 14 nitrogen and oxygen atoms in total. The summed E-state index contributed by atoms with van der Waals surface area (Å²) in [6.45, 7) is 5.87. The standard InChI is InChI=1S/C33H38ClF3N10O4/c1-20-27(18-40-46(20)13-14-51-2)47-19-22(28(43-47)33(35,36)37)15-24-17-39-29(41-24)30(48)42-23-3-4-25(26(34)16-23)32(50)45-11-9-44(10-12-45)31(49)21-5-7-38-8-6-21/h3-4,16-19,21,38H,5-15H2,1-2H3,(H,39,41)(H,42,48). The predicted molar refractivity (Wildman–Crippen MR) is 180 cm³/mol. The Kier molecular flexibility index (Phi) is 10.8. The van der Waals surface area contributed by atoms with E-state index in [-0.39, 0.29) is 51.8 Å². The number of piperazine rings is 1. The number of hydrogen-bond donors (Lipinski definition) is 3. The lowest BCUT2D eigenvalue weighted by atomic mass is 9.96. The molecule has 18 heteroatoms. The molecule has 3 N–H and O–H groups in total.